The molecule has 0 aromatic heterocycles. The summed E-state index contributed by atoms with van der Waals surface area (Å²) in [7, 11) is 0. The van der Waals surface area contributed by atoms with Gasteiger partial charge in [-0.3, -0.25) is 35.5 Å². The van der Waals surface area contributed by atoms with E-state index in [9.17, 15) is 10.1 Å². The smallest absolute Gasteiger partial charge is 0.225 e. The van der Waals surface area contributed by atoms with Crippen molar-refractivity contribution in [2.75, 3.05) is 39.3 Å². The van der Waals surface area contributed by atoms with Crippen LogP contribution in [0.1, 0.15) is 132 Å². The average Bonchev–Trinajstić information content (AvgIpc) is 3.99. The van der Waals surface area contributed by atoms with Crippen LogP contribution in [0.5, 0.6) is 0 Å². The quantitative estimate of drug-likeness (QED) is 0.144. The van der Waals surface area contributed by atoms with Crippen LogP contribution in [0.2, 0.25) is 0 Å². The lowest BCUT2D eigenvalue weighted by Crippen LogP contribution is -2.75. The number of piperidine rings is 1. The van der Waals surface area contributed by atoms with Gasteiger partial charge in [0.2, 0.25) is 5.91 Å². The van der Waals surface area contributed by atoms with Gasteiger partial charge in [-0.1, -0.05) is 41.5 Å². The summed E-state index contributed by atoms with van der Waals surface area (Å²) in [5, 5.41) is 24.8. The molecule has 0 radical (unpaired) electrons. The van der Waals surface area contributed by atoms with E-state index >= 15 is 0 Å². The lowest BCUT2D eigenvalue weighted by atomic mass is 9.49. The third-order valence-electron chi connectivity index (χ3n) is 19.2. The Hall–Kier alpha value is -1.09. The van der Waals surface area contributed by atoms with Crippen LogP contribution in [0.4, 0.5) is 0 Å². The molecule has 6 heterocycles. The fourth-order valence-electron chi connectivity index (χ4n) is 15.6. The van der Waals surface area contributed by atoms with Gasteiger partial charge in [-0.05, 0) is 113 Å². The topological polar surface area (TPSA) is 150 Å². The molecule has 6 aliphatic heterocycles. The van der Waals surface area contributed by atoms with E-state index in [-0.39, 0.29) is 83.1 Å². The number of alkyl halides is 1. The summed E-state index contributed by atoms with van der Waals surface area (Å²) in [6, 6.07) is 2.56. The second kappa shape index (κ2) is 18.9. The van der Waals surface area contributed by atoms with Crippen molar-refractivity contribution in [3.8, 4) is 6.07 Å². The molecule has 6 N–H and O–H groups in total. The number of carbonyl (C=O) groups excluding carboxylic acids is 1. The van der Waals surface area contributed by atoms with Crippen LogP contribution in [0.25, 0.3) is 0 Å². The summed E-state index contributed by atoms with van der Waals surface area (Å²) in [4.78, 5) is 24.9. The lowest BCUT2D eigenvalue weighted by Gasteiger charge is -2.64. The molecule has 4 saturated carbocycles. The van der Waals surface area contributed by atoms with E-state index in [1.54, 1.807) is 5.71 Å². The number of rotatable bonds is 10. The van der Waals surface area contributed by atoms with Crippen LogP contribution < -0.4 is 32.1 Å². The van der Waals surface area contributed by atoms with Crippen molar-refractivity contribution in [1.29, 1.82) is 5.26 Å². The highest BCUT2D eigenvalue weighted by atomic mass is 35.5. The molecule has 5 saturated heterocycles. The maximum Gasteiger partial charge on any atom is 0.225 e. The summed E-state index contributed by atoms with van der Waals surface area (Å²) >= 11 is 8.74. The Bertz CT molecular complexity index is 1750. The van der Waals surface area contributed by atoms with Gasteiger partial charge in [0, 0.05) is 72.9 Å². The molecule has 10 unspecified atom stereocenters. The van der Waals surface area contributed by atoms with Crippen molar-refractivity contribution in [3.05, 3.63) is 0 Å². The summed E-state index contributed by atoms with van der Waals surface area (Å²) in [5.41, 5.74) is 8.98. The number of ether oxygens (including phenoxy) is 2. The fourth-order valence-corrected chi connectivity index (χ4v) is 17.8. The van der Waals surface area contributed by atoms with Crippen molar-refractivity contribution < 1.29 is 14.3 Å². The highest BCUT2D eigenvalue weighted by molar-refractivity contribution is 8.00. The molecule has 65 heavy (non-hydrogen) atoms. The van der Waals surface area contributed by atoms with Crippen molar-refractivity contribution in [1.82, 2.24) is 41.9 Å². The summed E-state index contributed by atoms with van der Waals surface area (Å²) < 4.78 is 12.8. The van der Waals surface area contributed by atoms with Crippen molar-refractivity contribution in [2.24, 2.45) is 62.7 Å². The number of fused-ring (bicyclic) bond motifs is 3. The predicted octanol–water partition coefficient (Wildman–Crippen LogP) is 5.96. The first kappa shape index (κ1) is 47.6. The normalized spacial score (nSPS) is 46.3. The van der Waals surface area contributed by atoms with Crippen LogP contribution in [0.3, 0.4) is 0 Å². The van der Waals surface area contributed by atoms with E-state index in [1.165, 1.54) is 57.8 Å². The van der Waals surface area contributed by atoms with Crippen molar-refractivity contribution >= 4 is 35.0 Å². The van der Waals surface area contributed by atoms with Gasteiger partial charge >= 0.3 is 0 Å². The maximum absolute atomic E-state index is 13.7. The molecular weight excluding hydrogens is 856 g/mol. The number of likely N-dealkylation sites (tertiary alicyclic amines) is 1. The Morgan fingerprint density at radius 2 is 1.69 bits per heavy atom. The molecule has 15 heteroatoms. The minimum atomic E-state index is -0.198. The number of halogens is 1. The second-order valence-electron chi connectivity index (χ2n) is 24.1. The minimum Gasteiger partial charge on any atom is -0.374 e. The van der Waals surface area contributed by atoms with E-state index in [2.05, 4.69) is 108 Å². The first-order chi connectivity index (χ1) is 31.1. The number of thioether (sulfide) groups is 1. The largest absolute Gasteiger partial charge is 0.374 e. The molecule has 9 fully saturated rings. The zero-order valence-corrected chi connectivity index (χ0v) is 42.2. The Morgan fingerprint density at radius 3 is 2.35 bits per heavy atom. The molecular formula is C50H83ClN10O3S. The van der Waals surface area contributed by atoms with Gasteiger partial charge in [0.25, 0.3) is 0 Å². The highest BCUT2D eigenvalue weighted by Gasteiger charge is 2.64. The van der Waals surface area contributed by atoms with Gasteiger partial charge in [-0.25, -0.2) is 10.9 Å². The molecule has 10 rings (SSSR count). The number of hydrazine groups is 1. The minimum absolute atomic E-state index is 0.0145. The Morgan fingerprint density at radius 1 is 0.969 bits per heavy atom. The van der Waals surface area contributed by atoms with Gasteiger partial charge in [0.05, 0.1) is 65.8 Å². The van der Waals surface area contributed by atoms with E-state index in [0.717, 1.165) is 57.3 Å². The van der Waals surface area contributed by atoms with Crippen LogP contribution in [0, 0.1) is 69.0 Å². The van der Waals surface area contributed by atoms with Crippen LogP contribution in [-0.4, -0.2) is 126 Å². The number of nitrogens with one attached hydrogen (secondary N) is 6. The molecule has 1 spiro atoms. The molecule has 0 aromatic carbocycles. The summed E-state index contributed by atoms with van der Waals surface area (Å²) in [6.07, 6.45) is 16.3. The zero-order chi connectivity index (χ0) is 45.4. The van der Waals surface area contributed by atoms with E-state index in [4.69, 9.17) is 26.1 Å². The molecule has 0 aromatic rings. The molecule has 10 aliphatic rings. The SMILES string of the molecule is CC1SC2C(C(C3CCC(CC4CC5(CCN(C6NCC(C(=O)NC7C(C)(C)C(OC8CCC(C#N)C(Cl)C8)C7(C)C)CN6)CC5)C4)CC3)=N[C@@H](CC3NCCO3)C3NNC(C)N23)C1C. The Kier molecular flexibility index (Phi) is 13.8. The number of aliphatic imine (C=N–C) groups is 1. The average molecular weight is 940 g/mol. The number of hydrogen-bond donors (Lipinski definition) is 6. The molecule has 13 nitrogen and oxygen atoms in total. The maximum atomic E-state index is 13.7. The third kappa shape index (κ3) is 9.13. The van der Waals surface area contributed by atoms with Gasteiger partial charge < -0.3 is 14.8 Å². The lowest BCUT2D eigenvalue weighted by molar-refractivity contribution is -0.234. The number of amides is 1. The molecule has 0 bridgehead atoms. The van der Waals surface area contributed by atoms with Gasteiger partial charge in [-0.2, -0.15) is 5.26 Å². The first-order valence-corrected chi connectivity index (χ1v) is 27.6. The highest BCUT2D eigenvalue weighted by Crippen LogP contribution is 2.58. The number of carbonyl (C=O) groups is 1. The Labute approximate surface area is 399 Å². The Balaban J connectivity index is 0.658. The summed E-state index contributed by atoms with van der Waals surface area (Å²) in [5.74, 6) is 3.44. The van der Waals surface area contributed by atoms with Crippen LogP contribution >= 0.6 is 23.4 Å². The van der Waals surface area contributed by atoms with Gasteiger partial charge in [-0.15, -0.1) is 23.4 Å². The number of nitrogens with zero attached hydrogens (tertiary/aromatic N) is 4. The second-order valence-corrected chi connectivity index (χ2v) is 26.2. The van der Waals surface area contributed by atoms with Crippen molar-refractivity contribution in [2.45, 2.75) is 197 Å². The van der Waals surface area contributed by atoms with E-state index in [1.807, 2.05) is 0 Å². The van der Waals surface area contributed by atoms with Gasteiger partial charge in [0.1, 0.15) is 12.5 Å². The summed E-state index contributed by atoms with van der Waals surface area (Å²) in [6.45, 7) is 21.5. The monoisotopic (exact) mass is 939 g/mol. The number of hydrogen-bond acceptors (Lipinski definition) is 13. The zero-order valence-electron chi connectivity index (χ0n) is 40.6. The fraction of sp³-hybridized carbons (Fsp3) is 0.940. The van der Waals surface area contributed by atoms with Crippen LogP contribution in [0.15, 0.2) is 4.99 Å². The molecule has 4 aliphatic carbocycles. The third-order valence-corrected chi connectivity index (χ3v) is 21.3. The molecule has 11 atom stereocenters. The standard InChI is InChI=1S/C50H83ClN10O3S/c1-28-29(2)65-44-40(28)41(56-38(22-39-53-16-19-63-39)42-59-58-30(3)61(42)44)33-10-8-31(9-11-33)20-32-23-50(24-32)14-17-60(18-15-50)47-54-26-35(27-55-47)43(62)57-45-48(4,5)46(49(45,6)7)64-36-13-12-34(25-52)37(51)21-36/h28-40,42,44-47,53-55,58-59H,8-24,26-27H2,1-7H3,(H,57,62)/t28?,29?,30?,31?,33?,34?,35?,36?,37?,38-,39?,40?,42?,44?,45?,46?,47?/m0/s1. The van der Waals surface area contributed by atoms with Crippen molar-refractivity contribution in [3.63, 3.8) is 0 Å². The molecule has 364 valence electrons. The van der Waals surface area contributed by atoms with E-state index < -0.39 is 0 Å². The van der Waals surface area contributed by atoms with Gasteiger partial charge in [0.15, 0.2) is 0 Å². The number of nitriles is 1. The predicted molar refractivity (Wildman–Crippen MR) is 258 cm³/mol. The molecule has 1 amide bonds. The van der Waals surface area contributed by atoms with E-state index in [0.29, 0.717) is 53.3 Å². The first-order valence-electron chi connectivity index (χ1n) is 26.2. The van der Waals surface area contributed by atoms with Crippen LogP contribution in [-0.2, 0) is 14.3 Å².